The van der Waals surface area contributed by atoms with E-state index in [0.717, 1.165) is 4.47 Å². The Hall–Kier alpha value is -0.820. The fourth-order valence-corrected chi connectivity index (χ4v) is 2.53. The maximum absolute atomic E-state index is 11.5. The lowest BCUT2D eigenvalue weighted by atomic mass is 10.0. The molecule has 0 saturated heterocycles. The smallest absolute Gasteiger partial charge is 0.407 e. The van der Waals surface area contributed by atoms with Gasteiger partial charge in [0.1, 0.15) is 11.7 Å². The minimum absolute atomic E-state index is 0.173. The summed E-state index contributed by atoms with van der Waals surface area (Å²) in [4.78, 5) is 11.5. The van der Waals surface area contributed by atoms with Crippen molar-refractivity contribution >= 4 is 33.6 Å². The highest BCUT2D eigenvalue weighted by Crippen LogP contribution is 2.29. The highest BCUT2D eigenvalue weighted by atomic mass is 79.9. The Bertz CT molecular complexity index is 519. The van der Waals surface area contributed by atoms with Crippen LogP contribution in [0.4, 0.5) is 4.79 Å². The van der Waals surface area contributed by atoms with E-state index < -0.39 is 23.9 Å². The summed E-state index contributed by atoms with van der Waals surface area (Å²) >= 11 is 9.31. The standard InChI is InChI=1S/C15H21BrClNO4/c1-15(2,3)22-14(21)18-7-6-12(19)13(20)10-5-4-9(16)8-11(10)17/h4-5,8,12-13,19-20H,6-7H2,1-3H3,(H,18,21). The first-order chi connectivity index (χ1) is 10.1. The molecule has 0 aromatic heterocycles. The molecule has 0 fully saturated rings. The predicted molar refractivity (Wildman–Crippen MR) is 89.0 cm³/mol. The molecule has 2 unspecified atom stereocenters. The van der Waals surface area contributed by atoms with E-state index in [4.69, 9.17) is 16.3 Å². The van der Waals surface area contributed by atoms with Gasteiger partial charge in [-0.1, -0.05) is 33.6 Å². The average molecular weight is 395 g/mol. The average Bonchev–Trinajstić information content (AvgIpc) is 2.35. The van der Waals surface area contributed by atoms with Gasteiger partial charge in [0, 0.05) is 21.6 Å². The van der Waals surface area contributed by atoms with E-state index in [-0.39, 0.29) is 13.0 Å². The number of rotatable bonds is 5. The number of hydrogen-bond donors (Lipinski definition) is 3. The van der Waals surface area contributed by atoms with Gasteiger partial charge in [0.15, 0.2) is 0 Å². The summed E-state index contributed by atoms with van der Waals surface area (Å²) < 4.78 is 5.86. The third-order valence-corrected chi connectivity index (χ3v) is 3.57. The number of nitrogens with one attached hydrogen (secondary N) is 1. The van der Waals surface area contributed by atoms with E-state index >= 15 is 0 Å². The Balaban J connectivity index is 2.48. The number of ether oxygens (including phenoxy) is 1. The zero-order valence-corrected chi connectivity index (χ0v) is 15.1. The fourth-order valence-electron chi connectivity index (χ4n) is 1.74. The molecule has 0 radical (unpaired) electrons. The number of aliphatic hydroxyl groups is 2. The Morgan fingerprint density at radius 3 is 2.59 bits per heavy atom. The predicted octanol–water partition coefficient (Wildman–Crippen LogP) is 3.41. The lowest BCUT2D eigenvalue weighted by Crippen LogP contribution is -2.34. The van der Waals surface area contributed by atoms with Gasteiger partial charge in [0.25, 0.3) is 0 Å². The topological polar surface area (TPSA) is 78.8 Å². The number of amides is 1. The lowest BCUT2D eigenvalue weighted by molar-refractivity contribution is 0.0123. The second-order valence-electron chi connectivity index (χ2n) is 5.90. The van der Waals surface area contributed by atoms with Crippen molar-refractivity contribution in [2.45, 2.75) is 45.0 Å². The molecule has 2 atom stereocenters. The van der Waals surface area contributed by atoms with E-state index in [1.54, 1.807) is 39.0 Å². The van der Waals surface area contributed by atoms with Crippen LogP contribution in [-0.4, -0.2) is 34.6 Å². The van der Waals surface area contributed by atoms with E-state index in [1.165, 1.54) is 0 Å². The summed E-state index contributed by atoms with van der Waals surface area (Å²) in [6.45, 7) is 5.48. The molecule has 5 nitrogen and oxygen atoms in total. The van der Waals surface area contributed by atoms with Crippen LogP contribution in [0.15, 0.2) is 22.7 Å². The first kappa shape index (κ1) is 19.2. The summed E-state index contributed by atoms with van der Waals surface area (Å²) in [5, 5.41) is 23.0. The number of carbonyl (C=O) groups is 1. The maximum atomic E-state index is 11.5. The van der Waals surface area contributed by atoms with Crippen LogP contribution in [0.1, 0.15) is 38.9 Å². The van der Waals surface area contributed by atoms with Gasteiger partial charge >= 0.3 is 6.09 Å². The first-order valence-corrected chi connectivity index (χ1v) is 8.05. The quantitative estimate of drug-likeness (QED) is 0.715. The van der Waals surface area contributed by atoms with Gasteiger partial charge in [-0.2, -0.15) is 0 Å². The molecule has 0 aliphatic rings. The Morgan fingerprint density at radius 1 is 1.41 bits per heavy atom. The van der Waals surface area contributed by atoms with Crippen molar-refractivity contribution in [1.82, 2.24) is 5.32 Å². The van der Waals surface area contributed by atoms with Crippen molar-refractivity contribution in [3.8, 4) is 0 Å². The van der Waals surface area contributed by atoms with Crippen molar-refractivity contribution in [2.75, 3.05) is 6.54 Å². The van der Waals surface area contributed by atoms with Gasteiger partial charge in [-0.25, -0.2) is 4.79 Å². The van der Waals surface area contributed by atoms with Crippen molar-refractivity contribution in [3.63, 3.8) is 0 Å². The molecule has 1 amide bonds. The van der Waals surface area contributed by atoms with Crippen LogP contribution in [-0.2, 0) is 4.74 Å². The van der Waals surface area contributed by atoms with Crippen LogP contribution in [0, 0.1) is 0 Å². The molecule has 7 heteroatoms. The summed E-state index contributed by atoms with van der Waals surface area (Å²) in [6, 6.07) is 5.02. The van der Waals surface area contributed by atoms with Gasteiger partial charge in [-0.15, -0.1) is 0 Å². The molecule has 0 heterocycles. The number of halogens is 2. The minimum Gasteiger partial charge on any atom is -0.444 e. The van der Waals surface area contributed by atoms with Crippen molar-refractivity contribution < 1.29 is 19.7 Å². The lowest BCUT2D eigenvalue weighted by Gasteiger charge is -2.21. The van der Waals surface area contributed by atoms with Gasteiger partial charge in [0.2, 0.25) is 0 Å². The summed E-state index contributed by atoms with van der Waals surface area (Å²) in [5.74, 6) is 0. The number of hydrogen-bond acceptors (Lipinski definition) is 4. The number of aliphatic hydroxyl groups excluding tert-OH is 2. The molecule has 0 aliphatic carbocycles. The van der Waals surface area contributed by atoms with Crippen LogP contribution in [0.25, 0.3) is 0 Å². The monoisotopic (exact) mass is 393 g/mol. The fraction of sp³-hybridized carbons (Fsp3) is 0.533. The SMILES string of the molecule is CC(C)(C)OC(=O)NCCC(O)C(O)c1ccc(Br)cc1Cl. The van der Waals surface area contributed by atoms with Gasteiger partial charge in [0.05, 0.1) is 6.10 Å². The van der Waals surface area contributed by atoms with Crippen LogP contribution < -0.4 is 5.32 Å². The highest BCUT2D eigenvalue weighted by Gasteiger charge is 2.21. The van der Waals surface area contributed by atoms with Crippen molar-refractivity contribution in [2.24, 2.45) is 0 Å². The molecular formula is C15H21BrClNO4. The van der Waals surface area contributed by atoms with Gasteiger partial charge < -0.3 is 20.3 Å². The summed E-state index contributed by atoms with van der Waals surface area (Å²) in [6.07, 6.45) is -2.56. The molecule has 22 heavy (non-hydrogen) atoms. The molecule has 3 N–H and O–H groups in total. The first-order valence-electron chi connectivity index (χ1n) is 6.88. The minimum atomic E-state index is -1.12. The zero-order valence-electron chi connectivity index (χ0n) is 12.8. The van der Waals surface area contributed by atoms with Crippen molar-refractivity contribution in [1.29, 1.82) is 0 Å². The van der Waals surface area contributed by atoms with Crippen molar-refractivity contribution in [3.05, 3.63) is 33.3 Å². The second-order valence-corrected chi connectivity index (χ2v) is 7.22. The highest BCUT2D eigenvalue weighted by molar-refractivity contribution is 9.10. The molecule has 0 aliphatic heterocycles. The molecule has 0 spiro atoms. The van der Waals surface area contributed by atoms with E-state index in [0.29, 0.717) is 10.6 Å². The second kappa shape index (κ2) is 8.15. The normalized spacial score (nSPS) is 14.3. The number of alkyl carbamates (subject to hydrolysis) is 1. The van der Waals surface area contributed by atoms with E-state index in [1.807, 2.05) is 0 Å². The summed E-state index contributed by atoms with van der Waals surface area (Å²) in [7, 11) is 0. The van der Waals surface area contributed by atoms with Gasteiger partial charge in [-0.05, 0) is 39.3 Å². The summed E-state index contributed by atoms with van der Waals surface area (Å²) in [5.41, 5.74) is -0.137. The molecule has 1 aromatic rings. The Kier molecular flexibility index (Phi) is 7.12. The van der Waals surface area contributed by atoms with E-state index in [9.17, 15) is 15.0 Å². The molecule has 124 valence electrons. The van der Waals surface area contributed by atoms with Crippen LogP contribution in [0.2, 0.25) is 5.02 Å². The zero-order chi connectivity index (χ0) is 16.9. The maximum Gasteiger partial charge on any atom is 0.407 e. The Labute approximate surface area is 143 Å². The Morgan fingerprint density at radius 2 is 2.05 bits per heavy atom. The third kappa shape index (κ3) is 6.52. The molecule has 1 aromatic carbocycles. The molecular weight excluding hydrogens is 374 g/mol. The molecule has 0 saturated carbocycles. The van der Waals surface area contributed by atoms with Gasteiger partial charge in [-0.3, -0.25) is 0 Å². The van der Waals surface area contributed by atoms with Crippen LogP contribution in [0.3, 0.4) is 0 Å². The third-order valence-electron chi connectivity index (χ3n) is 2.75. The number of benzene rings is 1. The van der Waals surface area contributed by atoms with E-state index in [2.05, 4.69) is 21.2 Å². The van der Waals surface area contributed by atoms with Crippen LogP contribution in [0.5, 0.6) is 0 Å². The molecule has 1 rings (SSSR count). The van der Waals surface area contributed by atoms with Crippen LogP contribution >= 0.6 is 27.5 Å². The molecule has 0 bridgehead atoms. The number of carbonyl (C=O) groups excluding carboxylic acids is 1. The largest absolute Gasteiger partial charge is 0.444 e.